The summed E-state index contributed by atoms with van der Waals surface area (Å²) in [6.45, 7) is 0. The molecular weight excluding hydrogens is 406 g/mol. The first-order valence-corrected chi connectivity index (χ1v) is 9.19. The molecule has 0 aromatic carbocycles. The summed E-state index contributed by atoms with van der Waals surface area (Å²) in [5.41, 5.74) is 3.79. The number of anilines is 1. The zero-order valence-electron chi connectivity index (χ0n) is 16.6. The molecule has 12 nitrogen and oxygen atoms in total. The molecule has 1 aliphatic rings. The molecular formula is C19H19N7O5. The lowest BCUT2D eigenvalue weighted by molar-refractivity contribution is -0.138. The highest BCUT2D eigenvalue weighted by Gasteiger charge is 2.46. The van der Waals surface area contributed by atoms with Crippen molar-refractivity contribution < 1.29 is 24.6 Å². The first-order chi connectivity index (χ1) is 15.0. The molecule has 0 saturated carbocycles. The fourth-order valence-corrected chi connectivity index (χ4v) is 3.15. The van der Waals surface area contributed by atoms with Crippen LogP contribution in [0.4, 0.5) is 5.82 Å². The van der Waals surface area contributed by atoms with Crippen molar-refractivity contribution in [2.24, 2.45) is 0 Å². The zero-order chi connectivity index (χ0) is 22.0. The Hall–Kier alpha value is -3.63. The second-order valence-electron chi connectivity index (χ2n) is 6.66. The Kier molecular flexibility index (Phi) is 5.74. The topological polar surface area (TPSA) is 148 Å². The molecule has 31 heavy (non-hydrogen) atoms. The molecule has 1 saturated heterocycles. The Balaban J connectivity index is 1.76. The normalized spacial score (nSPS) is 22.7. The van der Waals surface area contributed by atoms with Crippen molar-refractivity contribution in [2.45, 2.75) is 24.7 Å². The van der Waals surface area contributed by atoms with Crippen LogP contribution in [-0.4, -0.2) is 78.6 Å². The number of nitrogens with one attached hydrogen (secondary N) is 1. The molecule has 0 unspecified atom stereocenters. The van der Waals surface area contributed by atoms with Gasteiger partial charge in [-0.1, -0.05) is 6.07 Å². The van der Waals surface area contributed by atoms with E-state index in [0.29, 0.717) is 17.6 Å². The van der Waals surface area contributed by atoms with Gasteiger partial charge in [0, 0.05) is 13.2 Å². The number of likely N-dealkylation sites (N-methyl/N-ethyl adjacent to an activating group) is 1. The lowest BCUT2D eigenvalue weighted by Crippen LogP contribution is -2.41. The summed E-state index contributed by atoms with van der Waals surface area (Å²) >= 11 is 0. The SMILES string of the molecule is CONc1nc(C#Cc2ccccn2)nc2c1ncn2[C@@H]1O[C@H](N(C)C=O)[C@@H](O)[C@H]1O. The smallest absolute Gasteiger partial charge is 0.211 e. The van der Waals surface area contributed by atoms with E-state index in [4.69, 9.17) is 9.57 Å². The first kappa shape index (κ1) is 20.6. The number of hydrogen-bond donors (Lipinski definition) is 3. The second-order valence-corrected chi connectivity index (χ2v) is 6.66. The number of aromatic nitrogens is 5. The third kappa shape index (κ3) is 3.90. The van der Waals surface area contributed by atoms with Crippen LogP contribution in [0.2, 0.25) is 0 Å². The van der Waals surface area contributed by atoms with Gasteiger partial charge in [-0.2, -0.15) is 4.98 Å². The van der Waals surface area contributed by atoms with E-state index in [1.165, 1.54) is 25.1 Å². The number of ether oxygens (including phenoxy) is 1. The number of rotatable bonds is 5. The number of pyridine rings is 1. The second kappa shape index (κ2) is 8.62. The van der Waals surface area contributed by atoms with E-state index in [2.05, 4.69) is 37.3 Å². The Labute approximate surface area is 176 Å². The van der Waals surface area contributed by atoms with Crippen molar-refractivity contribution in [3.8, 4) is 11.8 Å². The third-order valence-corrected chi connectivity index (χ3v) is 4.64. The number of carbonyl (C=O) groups excluding carboxylic acids is 1. The van der Waals surface area contributed by atoms with Gasteiger partial charge in [-0.15, -0.1) is 0 Å². The lowest BCUT2D eigenvalue weighted by atomic mass is 10.2. The largest absolute Gasteiger partial charge is 0.385 e. The van der Waals surface area contributed by atoms with Crippen molar-refractivity contribution >= 4 is 23.4 Å². The molecule has 12 heteroatoms. The summed E-state index contributed by atoms with van der Waals surface area (Å²) in [4.78, 5) is 34.3. The highest BCUT2D eigenvalue weighted by molar-refractivity contribution is 5.83. The maximum atomic E-state index is 11.1. The standard InChI is InChI=1S/C19H19N7O5/c1-25(10-27)18-14(28)15(29)19(31-18)26-9-21-13-16(24-30-2)22-12(23-17(13)26)7-6-11-5-3-4-8-20-11/h3-5,8-10,14-15,18-19,28-29H,1-2H3,(H,22,23,24)/t14-,15+,18-,19+/m0/s1. The minimum absolute atomic E-state index is 0.147. The Bertz CT molecular complexity index is 1140. The Morgan fingerprint density at radius 2 is 2.10 bits per heavy atom. The minimum Gasteiger partial charge on any atom is -0.385 e. The zero-order valence-corrected chi connectivity index (χ0v) is 16.6. The van der Waals surface area contributed by atoms with E-state index in [1.807, 2.05) is 6.07 Å². The molecule has 3 N–H and O–H groups in total. The molecule has 4 heterocycles. The van der Waals surface area contributed by atoms with Gasteiger partial charge in [0.05, 0.1) is 13.4 Å². The van der Waals surface area contributed by atoms with E-state index < -0.39 is 24.7 Å². The molecule has 1 fully saturated rings. The number of amides is 1. The molecule has 3 aromatic heterocycles. The third-order valence-electron chi connectivity index (χ3n) is 4.64. The summed E-state index contributed by atoms with van der Waals surface area (Å²) in [6, 6.07) is 5.34. The Morgan fingerprint density at radius 3 is 2.81 bits per heavy atom. The van der Waals surface area contributed by atoms with Crippen molar-refractivity contribution in [2.75, 3.05) is 19.6 Å². The van der Waals surface area contributed by atoms with Gasteiger partial charge in [0.15, 0.2) is 29.4 Å². The van der Waals surface area contributed by atoms with Crippen LogP contribution in [0.1, 0.15) is 17.7 Å². The summed E-state index contributed by atoms with van der Waals surface area (Å²) < 4.78 is 7.16. The van der Waals surface area contributed by atoms with Crippen molar-refractivity contribution in [3.05, 3.63) is 42.2 Å². The number of fused-ring (bicyclic) bond motifs is 1. The average Bonchev–Trinajstić information content (AvgIpc) is 3.34. The van der Waals surface area contributed by atoms with Crippen LogP contribution in [0, 0.1) is 11.8 Å². The molecule has 0 spiro atoms. The van der Waals surface area contributed by atoms with Crippen molar-refractivity contribution in [1.82, 2.24) is 29.4 Å². The fourth-order valence-electron chi connectivity index (χ4n) is 3.15. The van der Waals surface area contributed by atoms with Crippen LogP contribution in [0.15, 0.2) is 30.7 Å². The lowest BCUT2D eigenvalue weighted by Gasteiger charge is -2.22. The maximum absolute atomic E-state index is 11.1. The van der Waals surface area contributed by atoms with Crippen LogP contribution in [0.5, 0.6) is 0 Å². The number of carbonyl (C=O) groups is 1. The van der Waals surface area contributed by atoms with E-state index in [9.17, 15) is 15.0 Å². The van der Waals surface area contributed by atoms with Crippen LogP contribution in [0.25, 0.3) is 11.2 Å². The molecule has 160 valence electrons. The van der Waals surface area contributed by atoms with Gasteiger partial charge in [0.1, 0.15) is 17.9 Å². The molecule has 0 radical (unpaired) electrons. The summed E-state index contributed by atoms with van der Waals surface area (Å²) in [5.74, 6) is 6.11. The van der Waals surface area contributed by atoms with Crippen LogP contribution < -0.4 is 5.48 Å². The predicted molar refractivity (Wildman–Crippen MR) is 106 cm³/mol. The molecule has 1 amide bonds. The number of aliphatic hydroxyl groups excluding tert-OH is 2. The summed E-state index contributed by atoms with van der Waals surface area (Å²) in [5, 5.41) is 20.8. The van der Waals surface area contributed by atoms with E-state index in [0.717, 1.165) is 4.90 Å². The number of nitrogens with zero attached hydrogens (tertiary/aromatic N) is 6. The molecule has 4 rings (SSSR count). The van der Waals surface area contributed by atoms with Gasteiger partial charge >= 0.3 is 0 Å². The van der Waals surface area contributed by atoms with Gasteiger partial charge in [-0.3, -0.25) is 14.2 Å². The molecule has 0 aliphatic carbocycles. The van der Waals surface area contributed by atoms with Crippen molar-refractivity contribution in [3.63, 3.8) is 0 Å². The van der Waals surface area contributed by atoms with Crippen LogP contribution in [-0.2, 0) is 14.4 Å². The minimum atomic E-state index is -1.33. The maximum Gasteiger partial charge on any atom is 0.211 e. The van der Waals surface area contributed by atoms with Gasteiger partial charge in [0.25, 0.3) is 0 Å². The molecule has 4 atom stereocenters. The quantitative estimate of drug-likeness (QED) is 0.271. The van der Waals surface area contributed by atoms with Gasteiger partial charge in [-0.25, -0.2) is 20.4 Å². The molecule has 3 aromatic rings. The average molecular weight is 425 g/mol. The summed E-state index contributed by atoms with van der Waals surface area (Å²) in [6.07, 6.45) is -1.21. The van der Waals surface area contributed by atoms with Gasteiger partial charge < -0.3 is 19.8 Å². The van der Waals surface area contributed by atoms with Crippen LogP contribution >= 0.6 is 0 Å². The molecule has 0 bridgehead atoms. The number of imidazole rings is 1. The van der Waals surface area contributed by atoms with E-state index >= 15 is 0 Å². The Morgan fingerprint density at radius 1 is 1.26 bits per heavy atom. The summed E-state index contributed by atoms with van der Waals surface area (Å²) in [7, 11) is 2.86. The van der Waals surface area contributed by atoms with Gasteiger partial charge in [0.2, 0.25) is 12.2 Å². The highest BCUT2D eigenvalue weighted by Crippen LogP contribution is 2.33. The van der Waals surface area contributed by atoms with E-state index in [1.54, 1.807) is 18.3 Å². The predicted octanol–water partition coefficient (Wildman–Crippen LogP) is -0.741. The number of aliphatic hydroxyl groups is 2. The van der Waals surface area contributed by atoms with Gasteiger partial charge in [-0.05, 0) is 24.0 Å². The number of hydrogen-bond acceptors (Lipinski definition) is 10. The van der Waals surface area contributed by atoms with E-state index in [-0.39, 0.29) is 17.3 Å². The molecule has 1 aliphatic heterocycles. The highest BCUT2D eigenvalue weighted by atomic mass is 16.6. The first-order valence-electron chi connectivity index (χ1n) is 9.19. The fraction of sp³-hybridized carbons (Fsp3) is 0.316. The van der Waals surface area contributed by atoms with Crippen LogP contribution in [0.3, 0.4) is 0 Å². The monoisotopic (exact) mass is 425 g/mol. The van der Waals surface area contributed by atoms with Crippen molar-refractivity contribution in [1.29, 1.82) is 0 Å².